The third kappa shape index (κ3) is 3.90. The van der Waals surface area contributed by atoms with E-state index in [2.05, 4.69) is 34.5 Å². The van der Waals surface area contributed by atoms with Crippen molar-refractivity contribution in [2.75, 3.05) is 19.1 Å². The molecular weight excluding hydrogens is 364 g/mol. The number of nitrogens with zero attached hydrogens (tertiary/aromatic N) is 1. The zero-order valence-electron chi connectivity index (χ0n) is 16.6. The number of amides is 1. The molecule has 3 aromatic rings. The molecule has 29 heavy (non-hydrogen) atoms. The van der Waals surface area contributed by atoms with Crippen molar-refractivity contribution >= 4 is 11.6 Å². The van der Waals surface area contributed by atoms with Gasteiger partial charge in [-0.2, -0.15) is 0 Å². The lowest BCUT2D eigenvalue weighted by Crippen LogP contribution is -2.23. The van der Waals surface area contributed by atoms with Gasteiger partial charge in [0.25, 0.3) is 5.91 Å². The maximum Gasteiger partial charge on any atom is 0.251 e. The standard InChI is InChI=1S/C24H24N2O3/c1-28-22-9-5-8-18(23(22)29-2)14-25-24(27)17-10-12-21(13-11-17)26-15-19-6-3-4-7-20(19)16-26/h3-13H,14-16H2,1-2H3,(H,25,27). The van der Waals surface area contributed by atoms with Crippen LogP contribution in [0.5, 0.6) is 11.5 Å². The number of ether oxygens (including phenoxy) is 2. The lowest BCUT2D eigenvalue weighted by atomic mass is 10.1. The summed E-state index contributed by atoms with van der Waals surface area (Å²) in [5, 5.41) is 2.96. The Morgan fingerprint density at radius 2 is 1.59 bits per heavy atom. The fraction of sp³-hybridized carbons (Fsp3) is 0.208. The number of benzene rings is 3. The maximum absolute atomic E-state index is 12.6. The molecule has 3 aromatic carbocycles. The topological polar surface area (TPSA) is 50.8 Å². The number of fused-ring (bicyclic) bond motifs is 1. The van der Waals surface area contributed by atoms with Crippen molar-refractivity contribution in [3.63, 3.8) is 0 Å². The summed E-state index contributed by atoms with van der Waals surface area (Å²) < 4.78 is 10.7. The fourth-order valence-corrected chi connectivity index (χ4v) is 3.71. The van der Waals surface area contributed by atoms with E-state index in [1.807, 2.05) is 42.5 Å². The first-order valence-electron chi connectivity index (χ1n) is 9.59. The van der Waals surface area contributed by atoms with Crippen molar-refractivity contribution < 1.29 is 14.3 Å². The molecule has 1 aliphatic heterocycles. The monoisotopic (exact) mass is 388 g/mol. The summed E-state index contributed by atoms with van der Waals surface area (Å²) in [7, 11) is 3.19. The predicted octanol–water partition coefficient (Wildman–Crippen LogP) is 4.15. The summed E-state index contributed by atoms with van der Waals surface area (Å²) in [6.45, 7) is 2.16. The molecule has 0 saturated carbocycles. The van der Waals surface area contributed by atoms with Crippen LogP contribution in [0.3, 0.4) is 0 Å². The van der Waals surface area contributed by atoms with Crippen LogP contribution in [0.2, 0.25) is 0 Å². The molecule has 0 aliphatic carbocycles. The fourth-order valence-electron chi connectivity index (χ4n) is 3.71. The number of hydrogen-bond donors (Lipinski definition) is 1. The number of methoxy groups -OCH3 is 2. The van der Waals surface area contributed by atoms with Gasteiger partial charge in [-0.15, -0.1) is 0 Å². The molecule has 0 unspecified atom stereocenters. The number of carbonyl (C=O) groups excluding carboxylic acids is 1. The number of nitrogens with one attached hydrogen (secondary N) is 1. The molecule has 4 rings (SSSR count). The molecule has 1 N–H and O–H groups in total. The highest BCUT2D eigenvalue weighted by atomic mass is 16.5. The van der Waals surface area contributed by atoms with Crippen LogP contribution in [0, 0.1) is 0 Å². The van der Waals surface area contributed by atoms with Gasteiger partial charge >= 0.3 is 0 Å². The average molecular weight is 388 g/mol. The summed E-state index contributed by atoms with van der Waals surface area (Å²) in [6, 6.07) is 21.9. The van der Waals surface area contributed by atoms with Crippen molar-refractivity contribution in [2.45, 2.75) is 19.6 Å². The van der Waals surface area contributed by atoms with Gasteiger partial charge in [0.15, 0.2) is 11.5 Å². The Kier molecular flexibility index (Phi) is 5.38. The van der Waals surface area contributed by atoms with Crippen molar-refractivity contribution in [3.8, 4) is 11.5 Å². The van der Waals surface area contributed by atoms with Gasteiger partial charge in [0, 0.05) is 36.4 Å². The minimum absolute atomic E-state index is 0.119. The molecule has 0 radical (unpaired) electrons. The molecular formula is C24H24N2O3. The number of hydrogen-bond acceptors (Lipinski definition) is 4. The van der Waals surface area contributed by atoms with E-state index < -0.39 is 0 Å². The molecule has 0 saturated heterocycles. The van der Waals surface area contributed by atoms with Gasteiger partial charge in [-0.25, -0.2) is 0 Å². The second kappa shape index (κ2) is 8.27. The molecule has 5 heteroatoms. The Balaban J connectivity index is 1.41. The summed E-state index contributed by atoms with van der Waals surface area (Å²) in [6.07, 6.45) is 0. The molecule has 1 heterocycles. The van der Waals surface area contributed by atoms with E-state index in [-0.39, 0.29) is 5.91 Å². The van der Waals surface area contributed by atoms with Gasteiger partial charge in [0.2, 0.25) is 0 Å². The van der Waals surface area contributed by atoms with Crippen LogP contribution in [-0.4, -0.2) is 20.1 Å². The van der Waals surface area contributed by atoms with Gasteiger partial charge in [-0.05, 0) is 41.5 Å². The van der Waals surface area contributed by atoms with E-state index in [1.165, 1.54) is 11.1 Å². The van der Waals surface area contributed by atoms with Crippen LogP contribution in [0.1, 0.15) is 27.0 Å². The second-order valence-electron chi connectivity index (χ2n) is 7.01. The molecule has 148 valence electrons. The quantitative estimate of drug-likeness (QED) is 0.689. The summed E-state index contributed by atoms with van der Waals surface area (Å²) >= 11 is 0. The van der Waals surface area contributed by atoms with E-state index in [0.29, 0.717) is 23.6 Å². The number of carbonyl (C=O) groups is 1. The van der Waals surface area contributed by atoms with Gasteiger partial charge in [-0.1, -0.05) is 36.4 Å². The first kappa shape index (κ1) is 18.9. The number of anilines is 1. The van der Waals surface area contributed by atoms with Crippen molar-refractivity contribution in [3.05, 3.63) is 89.0 Å². The molecule has 0 fully saturated rings. The van der Waals surface area contributed by atoms with Gasteiger partial charge < -0.3 is 19.7 Å². The van der Waals surface area contributed by atoms with Crippen LogP contribution >= 0.6 is 0 Å². The van der Waals surface area contributed by atoms with E-state index in [1.54, 1.807) is 14.2 Å². The Bertz CT molecular complexity index is 990. The minimum atomic E-state index is -0.119. The third-order valence-electron chi connectivity index (χ3n) is 5.26. The third-order valence-corrected chi connectivity index (χ3v) is 5.26. The van der Waals surface area contributed by atoms with E-state index >= 15 is 0 Å². The van der Waals surface area contributed by atoms with Crippen molar-refractivity contribution in [1.29, 1.82) is 0 Å². The molecule has 5 nitrogen and oxygen atoms in total. The Hall–Kier alpha value is -3.47. The maximum atomic E-state index is 12.6. The van der Waals surface area contributed by atoms with Crippen molar-refractivity contribution in [1.82, 2.24) is 5.32 Å². The van der Waals surface area contributed by atoms with Gasteiger partial charge in [-0.3, -0.25) is 4.79 Å². The second-order valence-corrected chi connectivity index (χ2v) is 7.01. The zero-order valence-corrected chi connectivity index (χ0v) is 16.6. The highest BCUT2D eigenvalue weighted by Gasteiger charge is 2.19. The highest BCUT2D eigenvalue weighted by Crippen LogP contribution is 2.31. The van der Waals surface area contributed by atoms with Crippen LogP contribution in [0.15, 0.2) is 66.7 Å². The smallest absolute Gasteiger partial charge is 0.251 e. The highest BCUT2D eigenvalue weighted by molar-refractivity contribution is 5.94. The van der Waals surface area contributed by atoms with E-state index in [4.69, 9.17) is 9.47 Å². The van der Waals surface area contributed by atoms with Crippen molar-refractivity contribution in [2.24, 2.45) is 0 Å². The van der Waals surface area contributed by atoms with Crippen LogP contribution < -0.4 is 19.7 Å². The SMILES string of the molecule is COc1cccc(CNC(=O)c2ccc(N3Cc4ccccc4C3)cc2)c1OC. The lowest BCUT2D eigenvalue weighted by molar-refractivity contribution is 0.0950. The van der Waals surface area contributed by atoms with E-state index in [9.17, 15) is 4.79 Å². The molecule has 1 aliphatic rings. The largest absolute Gasteiger partial charge is 0.493 e. The van der Waals surface area contributed by atoms with Crippen LogP contribution in [0.25, 0.3) is 0 Å². The molecule has 0 aromatic heterocycles. The van der Waals surface area contributed by atoms with Crippen LogP contribution in [-0.2, 0) is 19.6 Å². The first-order valence-corrected chi connectivity index (χ1v) is 9.59. The number of rotatable bonds is 6. The van der Waals surface area contributed by atoms with Crippen LogP contribution in [0.4, 0.5) is 5.69 Å². The lowest BCUT2D eigenvalue weighted by Gasteiger charge is -2.18. The molecule has 0 spiro atoms. The number of para-hydroxylation sites is 1. The Labute approximate surface area is 170 Å². The minimum Gasteiger partial charge on any atom is -0.493 e. The Morgan fingerprint density at radius 3 is 2.21 bits per heavy atom. The first-order chi connectivity index (χ1) is 14.2. The predicted molar refractivity (Wildman–Crippen MR) is 113 cm³/mol. The summed E-state index contributed by atoms with van der Waals surface area (Å²) in [4.78, 5) is 14.9. The van der Waals surface area contributed by atoms with E-state index in [0.717, 1.165) is 24.3 Å². The summed E-state index contributed by atoms with van der Waals surface area (Å²) in [5.41, 5.74) is 5.34. The van der Waals surface area contributed by atoms with Gasteiger partial charge in [0.1, 0.15) is 0 Å². The molecule has 0 atom stereocenters. The van der Waals surface area contributed by atoms with Gasteiger partial charge in [0.05, 0.1) is 14.2 Å². The normalized spacial score (nSPS) is 12.4. The summed E-state index contributed by atoms with van der Waals surface area (Å²) in [5.74, 6) is 1.17. The average Bonchev–Trinajstić information content (AvgIpc) is 3.21. The zero-order chi connectivity index (χ0) is 20.2. The molecule has 0 bridgehead atoms. The Morgan fingerprint density at radius 1 is 0.897 bits per heavy atom. The molecule has 1 amide bonds.